The maximum atomic E-state index is 11.8. The zero-order chi connectivity index (χ0) is 17.2. The highest BCUT2D eigenvalue weighted by molar-refractivity contribution is 5.92. The van der Waals surface area contributed by atoms with Crippen molar-refractivity contribution in [3.63, 3.8) is 0 Å². The summed E-state index contributed by atoms with van der Waals surface area (Å²) in [5.41, 5.74) is 1.82. The van der Waals surface area contributed by atoms with Gasteiger partial charge >= 0.3 is 5.97 Å². The van der Waals surface area contributed by atoms with Crippen molar-refractivity contribution >= 4 is 23.5 Å². The van der Waals surface area contributed by atoms with Crippen LogP contribution in [0.5, 0.6) is 0 Å². The molecule has 0 aliphatic carbocycles. The maximum absolute atomic E-state index is 11.8. The van der Waals surface area contributed by atoms with Gasteiger partial charge in [0.1, 0.15) is 0 Å². The zero-order valence-electron chi connectivity index (χ0n) is 13.5. The van der Waals surface area contributed by atoms with Crippen LogP contribution in [0, 0.1) is 0 Å². The van der Waals surface area contributed by atoms with Gasteiger partial charge in [-0.15, -0.1) is 0 Å². The molecule has 0 aliphatic heterocycles. The third-order valence-corrected chi connectivity index (χ3v) is 3.16. The number of esters is 1. The molecule has 0 spiro atoms. The number of carbonyl (C=O) groups is 2. The van der Waals surface area contributed by atoms with Crippen LogP contribution in [0.25, 0.3) is 0 Å². The van der Waals surface area contributed by atoms with Gasteiger partial charge < -0.3 is 15.4 Å². The second kappa shape index (κ2) is 9.24. The Morgan fingerprint density at radius 3 is 2.71 bits per heavy atom. The largest absolute Gasteiger partial charge is 0.456 e. The Morgan fingerprint density at radius 1 is 1.17 bits per heavy atom. The lowest BCUT2D eigenvalue weighted by molar-refractivity contribution is -0.147. The summed E-state index contributed by atoms with van der Waals surface area (Å²) < 4.78 is 4.94. The van der Waals surface area contributed by atoms with Crippen molar-refractivity contribution in [3.8, 4) is 0 Å². The van der Waals surface area contributed by atoms with E-state index in [4.69, 9.17) is 4.74 Å². The number of aromatic nitrogens is 2. The minimum Gasteiger partial charge on any atom is -0.456 e. The smallest absolute Gasteiger partial charge is 0.308 e. The summed E-state index contributed by atoms with van der Waals surface area (Å²) in [7, 11) is 0. The number of amides is 1. The van der Waals surface area contributed by atoms with Gasteiger partial charge in [-0.3, -0.25) is 9.59 Å². The Balaban J connectivity index is 1.66. The molecule has 0 bridgehead atoms. The molecule has 2 rings (SSSR count). The number of benzene rings is 1. The van der Waals surface area contributed by atoms with Gasteiger partial charge in [-0.1, -0.05) is 19.1 Å². The summed E-state index contributed by atoms with van der Waals surface area (Å²) in [4.78, 5) is 31.3. The summed E-state index contributed by atoms with van der Waals surface area (Å²) in [6.07, 6.45) is 4.21. The van der Waals surface area contributed by atoms with Gasteiger partial charge in [0.2, 0.25) is 5.95 Å². The number of anilines is 2. The van der Waals surface area contributed by atoms with Crippen LogP contribution in [0.1, 0.15) is 18.9 Å². The molecule has 126 valence electrons. The molecule has 7 heteroatoms. The monoisotopic (exact) mass is 328 g/mol. The van der Waals surface area contributed by atoms with Crippen LogP contribution in [0.4, 0.5) is 11.6 Å². The van der Waals surface area contributed by atoms with Gasteiger partial charge in [-0.2, -0.15) is 0 Å². The number of nitrogens with zero attached hydrogens (tertiary/aromatic N) is 2. The van der Waals surface area contributed by atoms with E-state index in [1.807, 2.05) is 25.1 Å². The lowest BCUT2D eigenvalue weighted by Crippen LogP contribution is -2.22. The average molecular weight is 328 g/mol. The molecular weight excluding hydrogens is 308 g/mol. The summed E-state index contributed by atoms with van der Waals surface area (Å²) in [6, 6.07) is 9.25. The predicted molar refractivity (Wildman–Crippen MR) is 90.5 cm³/mol. The third kappa shape index (κ3) is 6.04. The van der Waals surface area contributed by atoms with E-state index < -0.39 is 5.97 Å². The van der Waals surface area contributed by atoms with Crippen molar-refractivity contribution in [2.45, 2.75) is 19.8 Å². The number of aryl methyl sites for hydroxylation is 1. The molecule has 7 nitrogen and oxygen atoms in total. The van der Waals surface area contributed by atoms with Gasteiger partial charge in [0, 0.05) is 24.6 Å². The molecule has 0 fully saturated rings. The first-order valence-electron chi connectivity index (χ1n) is 7.72. The van der Waals surface area contributed by atoms with Gasteiger partial charge in [0.15, 0.2) is 6.61 Å². The van der Waals surface area contributed by atoms with Crippen LogP contribution in [-0.2, 0) is 20.7 Å². The Bertz CT molecular complexity index is 677. The van der Waals surface area contributed by atoms with E-state index >= 15 is 0 Å². The van der Waals surface area contributed by atoms with E-state index in [0.29, 0.717) is 18.2 Å². The van der Waals surface area contributed by atoms with Gasteiger partial charge in [-0.25, -0.2) is 9.97 Å². The molecule has 1 aromatic heterocycles. The molecule has 2 N–H and O–H groups in total. The minimum absolute atomic E-state index is 0.122. The second-order valence-corrected chi connectivity index (χ2v) is 5.01. The fourth-order valence-electron chi connectivity index (χ4n) is 1.95. The van der Waals surface area contributed by atoms with Crippen molar-refractivity contribution in [1.82, 2.24) is 9.97 Å². The van der Waals surface area contributed by atoms with Crippen molar-refractivity contribution in [1.29, 1.82) is 0 Å². The lowest BCUT2D eigenvalue weighted by atomic mass is 10.1. The Labute approximate surface area is 140 Å². The number of hydrogen-bond acceptors (Lipinski definition) is 6. The maximum Gasteiger partial charge on any atom is 0.308 e. The molecule has 2 aromatic rings. The average Bonchev–Trinajstić information content (AvgIpc) is 2.61. The summed E-state index contributed by atoms with van der Waals surface area (Å²) >= 11 is 0. The summed E-state index contributed by atoms with van der Waals surface area (Å²) in [5.74, 6) is -0.384. The molecule has 24 heavy (non-hydrogen) atoms. The van der Waals surface area contributed by atoms with Crippen molar-refractivity contribution in [2.24, 2.45) is 0 Å². The van der Waals surface area contributed by atoms with Crippen LogP contribution < -0.4 is 10.6 Å². The highest BCUT2D eigenvalue weighted by Gasteiger charge is 2.08. The number of carbonyl (C=O) groups excluding carboxylic acids is 2. The van der Waals surface area contributed by atoms with Crippen molar-refractivity contribution < 1.29 is 14.3 Å². The SMILES string of the molecule is CCc1cccc(NC(=O)COC(=O)CCNc2ncccn2)c1. The summed E-state index contributed by atoms with van der Waals surface area (Å²) in [5, 5.41) is 5.59. The highest BCUT2D eigenvalue weighted by Crippen LogP contribution is 2.10. The third-order valence-electron chi connectivity index (χ3n) is 3.16. The van der Waals surface area contributed by atoms with E-state index in [9.17, 15) is 9.59 Å². The normalized spacial score (nSPS) is 10.0. The zero-order valence-corrected chi connectivity index (χ0v) is 13.5. The van der Waals surface area contributed by atoms with Crippen LogP contribution in [-0.4, -0.2) is 35.0 Å². The highest BCUT2D eigenvalue weighted by atomic mass is 16.5. The molecule has 0 radical (unpaired) electrons. The molecule has 0 saturated carbocycles. The molecule has 1 aromatic carbocycles. The molecule has 0 aliphatic rings. The number of nitrogens with one attached hydrogen (secondary N) is 2. The Hall–Kier alpha value is -2.96. The van der Waals surface area contributed by atoms with Crippen LogP contribution in [0.2, 0.25) is 0 Å². The Morgan fingerprint density at radius 2 is 1.96 bits per heavy atom. The van der Waals surface area contributed by atoms with E-state index in [-0.39, 0.29) is 18.9 Å². The van der Waals surface area contributed by atoms with E-state index in [2.05, 4.69) is 20.6 Å². The Kier molecular flexibility index (Phi) is 6.70. The van der Waals surface area contributed by atoms with Crippen LogP contribution >= 0.6 is 0 Å². The second-order valence-electron chi connectivity index (χ2n) is 5.01. The molecular formula is C17H20N4O3. The molecule has 0 unspecified atom stereocenters. The fourth-order valence-corrected chi connectivity index (χ4v) is 1.95. The van der Waals surface area contributed by atoms with Gasteiger partial charge in [0.25, 0.3) is 5.91 Å². The van der Waals surface area contributed by atoms with Crippen molar-refractivity contribution in [2.75, 3.05) is 23.8 Å². The molecule has 0 atom stereocenters. The predicted octanol–water partition coefficient (Wildman–Crippen LogP) is 2.02. The van der Waals surface area contributed by atoms with Crippen LogP contribution in [0.3, 0.4) is 0 Å². The van der Waals surface area contributed by atoms with E-state index in [0.717, 1.165) is 12.0 Å². The fraction of sp³-hybridized carbons (Fsp3) is 0.294. The molecule has 1 heterocycles. The van der Waals surface area contributed by atoms with Gasteiger partial charge in [0.05, 0.1) is 6.42 Å². The van der Waals surface area contributed by atoms with E-state index in [1.165, 1.54) is 0 Å². The lowest BCUT2D eigenvalue weighted by Gasteiger charge is -2.08. The number of ether oxygens (including phenoxy) is 1. The van der Waals surface area contributed by atoms with Gasteiger partial charge in [-0.05, 0) is 30.2 Å². The number of rotatable bonds is 8. The minimum atomic E-state index is -0.462. The number of hydrogen-bond donors (Lipinski definition) is 2. The first-order valence-corrected chi connectivity index (χ1v) is 7.72. The standard InChI is InChI=1S/C17H20N4O3/c1-2-13-5-3-6-14(11-13)21-15(22)12-24-16(23)7-10-20-17-18-8-4-9-19-17/h3-6,8-9,11H,2,7,10,12H2,1H3,(H,21,22)(H,18,19,20). The first kappa shape index (κ1) is 17.4. The molecule has 0 saturated heterocycles. The quantitative estimate of drug-likeness (QED) is 0.720. The van der Waals surface area contributed by atoms with E-state index in [1.54, 1.807) is 24.5 Å². The summed E-state index contributed by atoms with van der Waals surface area (Å²) in [6.45, 7) is 2.07. The topological polar surface area (TPSA) is 93.2 Å². The first-order chi connectivity index (χ1) is 11.7. The van der Waals surface area contributed by atoms with Crippen LogP contribution in [0.15, 0.2) is 42.7 Å². The van der Waals surface area contributed by atoms with Crippen molar-refractivity contribution in [3.05, 3.63) is 48.3 Å². The molecule has 1 amide bonds.